The third-order valence-corrected chi connectivity index (χ3v) is 2.44. The molecule has 118 valence electrons. The summed E-state index contributed by atoms with van der Waals surface area (Å²) in [4.78, 5) is 23.5. The molecule has 0 bridgehead atoms. The SMILES string of the molecule is C=CC(/C=C/C(=O)c1c(O)cc(C)oc1=O)=C\C=C/C.CC. The summed E-state index contributed by atoms with van der Waals surface area (Å²) in [6, 6.07) is 1.23. The molecule has 0 aliphatic heterocycles. The Bertz CT molecular complexity index is 658. The van der Waals surface area contributed by atoms with Crippen LogP contribution in [-0.2, 0) is 0 Å². The number of carbonyl (C=O) groups excluding carboxylic acids is 1. The smallest absolute Gasteiger partial charge is 0.351 e. The maximum Gasteiger partial charge on any atom is 0.351 e. The molecular weight excluding hydrogens is 280 g/mol. The molecule has 1 aromatic heterocycles. The number of aromatic hydroxyl groups is 1. The summed E-state index contributed by atoms with van der Waals surface area (Å²) in [5, 5.41) is 9.65. The van der Waals surface area contributed by atoms with Gasteiger partial charge in [-0.25, -0.2) is 4.79 Å². The minimum Gasteiger partial charge on any atom is -0.507 e. The summed E-state index contributed by atoms with van der Waals surface area (Å²) in [7, 11) is 0. The zero-order chi connectivity index (χ0) is 17.1. The predicted octanol–water partition coefficient (Wildman–Crippen LogP) is 4.11. The van der Waals surface area contributed by atoms with Gasteiger partial charge < -0.3 is 9.52 Å². The Balaban J connectivity index is 0.00000211. The Kier molecular flexibility index (Phi) is 8.95. The van der Waals surface area contributed by atoms with Crippen LogP contribution in [0, 0.1) is 6.92 Å². The van der Waals surface area contributed by atoms with Gasteiger partial charge >= 0.3 is 5.63 Å². The van der Waals surface area contributed by atoms with Crippen LogP contribution in [0.15, 0.2) is 63.9 Å². The molecule has 0 unspecified atom stereocenters. The van der Waals surface area contributed by atoms with Crippen LogP contribution in [0.1, 0.15) is 36.9 Å². The summed E-state index contributed by atoms with van der Waals surface area (Å²) < 4.78 is 4.79. The average Bonchev–Trinajstić information content (AvgIpc) is 2.48. The van der Waals surface area contributed by atoms with Gasteiger partial charge in [-0.05, 0) is 25.5 Å². The molecule has 4 nitrogen and oxygen atoms in total. The highest BCUT2D eigenvalue weighted by molar-refractivity contribution is 6.06. The first-order valence-electron chi connectivity index (χ1n) is 7.01. The summed E-state index contributed by atoms with van der Waals surface area (Å²) in [6.45, 7) is 11.0. The van der Waals surface area contributed by atoms with Crippen molar-refractivity contribution in [1.29, 1.82) is 0 Å². The van der Waals surface area contributed by atoms with Crippen molar-refractivity contribution in [2.24, 2.45) is 0 Å². The molecular formula is C18H22O4. The third kappa shape index (κ3) is 5.79. The number of aryl methyl sites for hydroxylation is 1. The number of allylic oxidation sites excluding steroid dienone is 7. The fraction of sp³-hybridized carbons (Fsp3) is 0.222. The highest BCUT2D eigenvalue weighted by Crippen LogP contribution is 2.15. The molecule has 1 aromatic rings. The van der Waals surface area contributed by atoms with Gasteiger partial charge in [-0.3, -0.25) is 4.79 Å². The second-order valence-corrected chi connectivity index (χ2v) is 4.00. The Morgan fingerprint density at radius 2 is 1.95 bits per heavy atom. The first-order chi connectivity index (χ1) is 10.5. The van der Waals surface area contributed by atoms with Crippen molar-refractivity contribution in [3.8, 4) is 5.75 Å². The molecule has 0 amide bonds. The normalized spacial score (nSPS) is 11.4. The fourth-order valence-electron chi connectivity index (χ4n) is 1.48. The van der Waals surface area contributed by atoms with Crippen LogP contribution >= 0.6 is 0 Å². The van der Waals surface area contributed by atoms with Gasteiger partial charge in [0.15, 0.2) is 5.78 Å². The predicted molar refractivity (Wildman–Crippen MR) is 89.3 cm³/mol. The summed E-state index contributed by atoms with van der Waals surface area (Å²) >= 11 is 0. The van der Waals surface area contributed by atoms with E-state index in [0.29, 0.717) is 5.57 Å². The van der Waals surface area contributed by atoms with E-state index in [1.807, 2.05) is 26.8 Å². The van der Waals surface area contributed by atoms with Gasteiger partial charge in [-0.2, -0.15) is 0 Å². The van der Waals surface area contributed by atoms with Crippen LogP contribution < -0.4 is 5.63 Å². The highest BCUT2D eigenvalue weighted by atomic mass is 16.4. The lowest BCUT2D eigenvalue weighted by Crippen LogP contribution is -2.13. The van der Waals surface area contributed by atoms with E-state index in [2.05, 4.69) is 6.58 Å². The van der Waals surface area contributed by atoms with Crippen molar-refractivity contribution in [2.75, 3.05) is 0 Å². The molecule has 0 saturated carbocycles. The first-order valence-corrected chi connectivity index (χ1v) is 7.01. The number of hydrogen-bond acceptors (Lipinski definition) is 4. The van der Waals surface area contributed by atoms with Crippen molar-refractivity contribution in [2.45, 2.75) is 27.7 Å². The molecule has 0 aliphatic rings. The number of ketones is 1. The van der Waals surface area contributed by atoms with E-state index in [1.165, 1.54) is 25.1 Å². The molecule has 0 atom stereocenters. The molecule has 0 saturated heterocycles. The molecule has 0 aromatic carbocycles. The maximum absolute atomic E-state index is 11.9. The van der Waals surface area contributed by atoms with Crippen LogP contribution in [0.2, 0.25) is 0 Å². The third-order valence-electron chi connectivity index (χ3n) is 2.44. The molecule has 0 spiro atoms. The zero-order valence-corrected chi connectivity index (χ0v) is 13.4. The topological polar surface area (TPSA) is 67.5 Å². The Morgan fingerprint density at radius 3 is 2.45 bits per heavy atom. The standard InChI is InChI=1S/C16H16O4.C2H6/c1-4-6-7-12(5-2)8-9-13(17)15-14(18)10-11(3)20-16(15)19;1-2/h4-10,18H,2H2,1,3H3;1-2H3/b6-4-,9-8+,12-7+;. The van der Waals surface area contributed by atoms with Crippen molar-refractivity contribution in [3.05, 3.63) is 76.4 Å². The monoisotopic (exact) mass is 302 g/mol. The molecule has 0 radical (unpaired) electrons. The molecule has 0 fully saturated rings. The lowest BCUT2D eigenvalue weighted by Gasteiger charge is -1.99. The largest absolute Gasteiger partial charge is 0.507 e. The zero-order valence-electron chi connectivity index (χ0n) is 13.4. The molecule has 0 aliphatic carbocycles. The van der Waals surface area contributed by atoms with Crippen molar-refractivity contribution in [1.82, 2.24) is 0 Å². The molecule has 22 heavy (non-hydrogen) atoms. The number of carbonyl (C=O) groups is 1. The first kappa shape index (κ1) is 19.4. The van der Waals surface area contributed by atoms with Crippen molar-refractivity contribution in [3.63, 3.8) is 0 Å². The van der Waals surface area contributed by atoms with Crippen LogP contribution in [-0.4, -0.2) is 10.9 Å². The lowest BCUT2D eigenvalue weighted by atomic mass is 10.1. The van der Waals surface area contributed by atoms with E-state index < -0.39 is 11.4 Å². The van der Waals surface area contributed by atoms with Gasteiger partial charge in [-0.1, -0.05) is 50.8 Å². The van der Waals surface area contributed by atoms with Gasteiger partial charge in [0.25, 0.3) is 0 Å². The quantitative estimate of drug-likeness (QED) is 0.505. The summed E-state index contributed by atoms with van der Waals surface area (Å²) in [6.07, 6.45) is 9.66. The van der Waals surface area contributed by atoms with Crippen molar-refractivity contribution < 1.29 is 14.3 Å². The Morgan fingerprint density at radius 1 is 1.32 bits per heavy atom. The van der Waals surface area contributed by atoms with Gasteiger partial charge in [0.2, 0.25) is 0 Å². The Labute approximate surface area is 130 Å². The van der Waals surface area contributed by atoms with E-state index >= 15 is 0 Å². The second-order valence-electron chi connectivity index (χ2n) is 4.00. The molecule has 1 rings (SSSR count). The fourth-order valence-corrected chi connectivity index (χ4v) is 1.48. The van der Waals surface area contributed by atoms with Gasteiger partial charge in [0.05, 0.1) is 0 Å². The summed E-state index contributed by atoms with van der Waals surface area (Å²) in [5.41, 5.74) is -0.525. The van der Waals surface area contributed by atoms with Gasteiger partial charge in [-0.15, -0.1) is 0 Å². The van der Waals surface area contributed by atoms with Crippen molar-refractivity contribution >= 4 is 5.78 Å². The van der Waals surface area contributed by atoms with E-state index in [4.69, 9.17) is 4.42 Å². The van der Waals surface area contributed by atoms with Crippen LogP contribution in [0.5, 0.6) is 5.75 Å². The minimum atomic E-state index is -0.852. The Hall–Kier alpha value is -2.62. The van der Waals surface area contributed by atoms with Crippen LogP contribution in [0.25, 0.3) is 0 Å². The van der Waals surface area contributed by atoms with Gasteiger partial charge in [0.1, 0.15) is 17.1 Å². The van der Waals surface area contributed by atoms with Crippen LogP contribution in [0.4, 0.5) is 0 Å². The second kappa shape index (κ2) is 10.2. The van der Waals surface area contributed by atoms with Crippen LogP contribution in [0.3, 0.4) is 0 Å². The molecule has 1 heterocycles. The van der Waals surface area contributed by atoms with E-state index in [9.17, 15) is 14.7 Å². The average molecular weight is 302 g/mol. The maximum atomic E-state index is 11.9. The molecule has 4 heteroatoms. The highest BCUT2D eigenvalue weighted by Gasteiger charge is 2.15. The molecule has 1 N–H and O–H groups in total. The summed E-state index contributed by atoms with van der Waals surface area (Å²) in [5.74, 6) is -0.761. The lowest BCUT2D eigenvalue weighted by molar-refractivity contribution is 0.104. The number of hydrogen-bond donors (Lipinski definition) is 1. The minimum absolute atomic E-state index is 0.243. The van der Waals surface area contributed by atoms with E-state index in [-0.39, 0.29) is 17.1 Å². The van der Waals surface area contributed by atoms with E-state index in [1.54, 1.807) is 18.2 Å². The van der Waals surface area contributed by atoms with E-state index in [0.717, 1.165) is 0 Å². The van der Waals surface area contributed by atoms with Gasteiger partial charge in [0, 0.05) is 6.07 Å². The number of rotatable bonds is 5.